The van der Waals surface area contributed by atoms with Crippen LogP contribution in [0.1, 0.15) is 26.6 Å². The number of carbonyl (C=O) groups is 1. The molecule has 0 radical (unpaired) electrons. The highest BCUT2D eigenvalue weighted by Crippen LogP contribution is 2.21. The van der Waals surface area contributed by atoms with Crippen molar-refractivity contribution >= 4 is 23.4 Å². The summed E-state index contributed by atoms with van der Waals surface area (Å²) in [5.41, 5.74) is 0.453. The first-order valence-electron chi connectivity index (χ1n) is 6.46. The second-order valence-corrected chi connectivity index (χ2v) is 6.50. The molecule has 0 unspecified atom stereocenters. The molecule has 0 saturated heterocycles. The Hall–Kier alpha value is -1.89. The highest BCUT2D eigenvalue weighted by atomic mass is 32.2. The van der Waals surface area contributed by atoms with E-state index in [0.29, 0.717) is 10.8 Å². The number of nitrogens with one attached hydrogen (secondary N) is 2. The van der Waals surface area contributed by atoms with Crippen LogP contribution in [0.3, 0.4) is 0 Å². The Kier molecular flexibility index (Phi) is 4.62. The number of benzene rings is 1. The number of aromatic nitrogens is 3. The van der Waals surface area contributed by atoms with Gasteiger partial charge in [-0.3, -0.25) is 9.89 Å². The van der Waals surface area contributed by atoms with E-state index in [1.165, 1.54) is 36.0 Å². The number of hydrogen-bond donors (Lipinski definition) is 2. The standard InChI is InChI=1S/C14H17FN4OS/c1-14(2,3)12-17-13(19-18-12)21-8-11(20)16-10-6-4-9(15)5-7-10/h4-7H,8H2,1-3H3,(H,16,20)(H,17,18,19). The summed E-state index contributed by atoms with van der Waals surface area (Å²) in [4.78, 5) is 16.1. The first-order chi connectivity index (χ1) is 9.84. The molecule has 0 bridgehead atoms. The van der Waals surface area contributed by atoms with Crippen molar-refractivity contribution in [3.63, 3.8) is 0 Å². The number of anilines is 1. The van der Waals surface area contributed by atoms with Crippen molar-refractivity contribution in [2.45, 2.75) is 31.3 Å². The van der Waals surface area contributed by atoms with Gasteiger partial charge in [0.25, 0.3) is 0 Å². The summed E-state index contributed by atoms with van der Waals surface area (Å²) in [6, 6.07) is 5.63. The Morgan fingerprint density at radius 1 is 1.33 bits per heavy atom. The van der Waals surface area contributed by atoms with E-state index in [2.05, 4.69) is 20.5 Å². The SMILES string of the molecule is CC(C)(C)c1nc(SCC(=O)Nc2ccc(F)cc2)n[nH]1. The smallest absolute Gasteiger partial charge is 0.234 e. The zero-order valence-corrected chi connectivity index (χ0v) is 12.9. The van der Waals surface area contributed by atoms with Gasteiger partial charge in [-0.05, 0) is 24.3 Å². The number of H-pyrrole nitrogens is 1. The van der Waals surface area contributed by atoms with Crippen molar-refractivity contribution in [3.8, 4) is 0 Å². The summed E-state index contributed by atoms with van der Waals surface area (Å²) in [7, 11) is 0. The first-order valence-corrected chi connectivity index (χ1v) is 7.44. The topological polar surface area (TPSA) is 70.7 Å². The Labute approximate surface area is 126 Å². The molecule has 0 aliphatic heterocycles. The molecule has 0 fully saturated rings. The van der Waals surface area contributed by atoms with Gasteiger partial charge < -0.3 is 5.32 Å². The summed E-state index contributed by atoms with van der Waals surface area (Å²) < 4.78 is 12.8. The van der Waals surface area contributed by atoms with Gasteiger partial charge in [-0.25, -0.2) is 9.37 Å². The third-order valence-electron chi connectivity index (χ3n) is 2.64. The number of thioether (sulfide) groups is 1. The van der Waals surface area contributed by atoms with Gasteiger partial charge >= 0.3 is 0 Å². The predicted octanol–water partition coefficient (Wildman–Crippen LogP) is 2.97. The molecule has 5 nitrogen and oxygen atoms in total. The average Bonchev–Trinajstić information content (AvgIpc) is 2.88. The van der Waals surface area contributed by atoms with Crippen molar-refractivity contribution in [3.05, 3.63) is 35.9 Å². The lowest BCUT2D eigenvalue weighted by Crippen LogP contribution is -2.14. The number of nitrogens with zero attached hydrogens (tertiary/aromatic N) is 2. The molecule has 1 heterocycles. The molecular formula is C14H17FN4OS. The molecule has 0 saturated carbocycles. The summed E-state index contributed by atoms with van der Waals surface area (Å²) in [6.45, 7) is 6.09. The molecule has 0 aliphatic carbocycles. The van der Waals surface area contributed by atoms with Crippen molar-refractivity contribution in [2.75, 3.05) is 11.1 Å². The molecule has 1 amide bonds. The Morgan fingerprint density at radius 2 is 2.00 bits per heavy atom. The Bertz CT molecular complexity index is 619. The lowest BCUT2D eigenvalue weighted by Gasteiger charge is -2.12. The molecular weight excluding hydrogens is 291 g/mol. The molecule has 2 rings (SSSR count). The number of amides is 1. The van der Waals surface area contributed by atoms with Crippen molar-refractivity contribution in [2.24, 2.45) is 0 Å². The Morgan fingerprint density at radius 3 is 2.57 bits per heavy atom. The van der Waals surface area contributed by atoms with Gasteiger partial charge in [0, 0.05) is 11.1 Å². The van der Waals surface area contributed by atoms with Crippen LogP contribution in [0.5, 0.6) is 0 Å². The van der Waals surface area contributed by atoms with E-state index in [4.69, 9.17) is 0 Å². The molecule has 1 aromatic heterocycles. The molecule has 0 atom stereocenters. The molecule has 2 N–H and O–H groups in total. The van der Waals surface area contributed by atoms with E-state index >= 15 is 0 Å². The van der Waals surface area contributed by atoms with Gasteiger partial charge in [-0.1, -0.05) is 32.5 Å². The zero-order valence-electron chi connectivity index (χ0n) is 12.1. The second kappa shape index (κ2) is 6.26. The third-order valence-corrected chi connectivity index (χ3v) is 3.48. The fourth-order valence-corrected chi connectivity index (χ4v) is 2.11. The van der Waals surface area contributed by atoms with Crippen LogP contribution >= 0.6 is 11.8 Å². The van der Waals surface area contributed by atoms with E-state index in [1.54, 1.807) is 0 Å². The number of hydrogen-bond acceptors (Lipinski definition) is 4. The molecule has 0 aliphatic rings. The summed E-state index contributed by atoms with van der Waals surface area (Å²) >= 11 is 1.25. The molecule has 112 valence electrons. The van der Waals surface area contributed by atoms with Crippen LogP contribution < -0.4 is 5.32 Å². The maximum Gasteiger partial charge on any atom is 0.234 e. The van der Waals surface area contributed by atoms with Gasteiger partial charge in [0.2, 0.25) is 11.1 Å². The number of rotatable bonds is 4. The monoisotopic (exact) mass is 308 g/mol. The summed E-state index contributed by atoms with van der Waals surface area (Å²) in [5, 5.41) is 10.2. The fraction of sp³-hybridized carbons (Fsp3) is 0.357. The van der Waals surface area contributed by atoms with Gasteiger partial charge in [0.1, 0.15) is 11.6 Å². The number of halogens is 1. The lowest BCUT2D eigenvalue weighted by molar-refractivity contribution is -0.113. The lowest BCUT2D eigenvalue weighted by atomic mass is 9.96. The van der Waals surface area contributed by atoms with Gasteiger partial charge in [-0.2, -0.15) is 0 Å². The highest BCUT2D eigenvalue weighted by Gasteiger charge is 2.19. The van der Waals surface area contributed by atoms with E-state index in [0.717, 1.165) is 5.82 Å². The minimum Gasteiger partial charge on any atom is -0.325 e. The number of aromatic amines is 1. The van der Waals surface area contributed by atoms with Crippen LogP contribution in [-0.2, 0) is 10.2 Å². The predicted molar refractivity (Wildman–Crippen MR) is 80.8 cm³/mol. The van der Waals surface area contributed by atoms with Crippen molar-refractivity contribution in [1.82, 2.24) is 15.2 Å². The molecule has 7 heteroatoms. The van der Waals surface area contributed by atoms with Crippen LogP contribution in [0, 0.1) is 5.82 Å². The van der Waals surface area contributed by atoms with E-state index in [9.17, 15) is 9.18 Å². The largest absolute Gasteiger partial charge is 0.325 e. The normalized spacial score (nSPS) is 11.4. The highest BCUT2D eigenvalue weighted by molar-refractivity contribution is 7.99. The maximum absolute atomic E-state index is 12.8. The first kappa shape index (κ1) is 15.5. The van der Waals surface area contributed by atoms with E-state index in [-0.39, 0.29) is 22.9 Å². The Balaban J connectivity index is 1.86. The van der Waals surface area contributed by atoms with E-state index < -0.39 is 0 Å². The van der Waals surface area contributed by atoms with E-state index in [1.807, 2.05) is 20.8 Å². The minimum atomic E-state index is -0.335. The zero-order chi connectivity index (χ0) is 15.5. The third kappa shape index (κ3) is 4.56. The van der Waals surface area contributed by atoms with Gasteiger partial charge in [0.15, 0.2) is 0 Å². The molecule has 2 aromatic rings. The summed E-state index contributed by atoms with van der Waals surface area (Å²) in [6.07, 6.45) is 0. The van der Waals surface area contributed by atoms with Crippen LogP contribution in [-0.4, -0.2) is 26.8 Å². The molecule has 0 spiro atoms. The van der Waals surface area contributed by atoms with Crippen LogP contribution in [0.15, 0.2) is 29.4 Å². The van der Waals surface area contributed by atoms with Gasteiger partial charge in [0.05, 0.1) is 5.75 Å². The second-order valence-electron chi connectivity index (χ2n) is 5.56. The average molecular weight is 308 g/mol. The number of carbonyl (C=O) groups excluding carboxylic acids is 1. The van der Waals surface area contributed by atoms with Crippen LogP contribution in [0.2, 0.25) is 0 Å². The van der Waals surface area contributed by atoms with Gasteiger partial charge in [-0.15, -0.1) is 5.10 Å². The maximum atomic E-state index is 12.8. The summed E-state index contributed by atoms with van der Waals surface area (Å²) in [5.74, 6) is 0.453. The van der Waals surface area contributed by atoms with Crippen molar-refractivity contribution < 1.29 is 9.18 Å². The van der Waals surface area contributed by atoms with Crippen LogP contribution in [0.25, 0.3) is 0 Å². The minimum absolute atomic E-state index is 0.109. The fourth-order valence-electron chi connectivity index (χ4n) is 1.51. The molecule has 21 heavy (non-hydrogen) atoms. The quantitative estimate of drug-likeness (QED) is 0.852. The van der Waals surface area contributed by atoms with Crippen molar-refractivity contribution in [1.29, 1.82) is 0 Å². The van der Waals surface area contributed by atoms with Crippen LogP contribution in [0.4, 0.5) is 10.1 Å². The molecule has 1 aromatic carbocycles.